The Labute approximate surface area is 141 Å². The van der Waals surface area contributed by atoms with Crippen molar-refractivity contribution in [2.75, 3.05) is 5.32 Å². The van der Waals surface area contributed by atoms with Gasteiger partial charge in [-0.1, -0.05) is 35.9 Å². The minimum absolute atomic E-state index is 0.228. The number of alkyl halides is 3. The number of nitrogens with zero attached hydrogens (tertiary/aromatic N) is 1. The van der Waals surface area contributed by atoms with Gasteiger partial charge in [0.25, 0.3) is 0 Å². The van der Waals surface area contributed by atoms with Crippen LogP contribution in [-0.2, 0) is 15.8 Å². The quantitative estimate of drug-likeness (QED) is 0.508. The van der Waals surface area contributed by atoms with Gasteiger partial charge in [-0.25, -0.2) is 5.43 Å². The lowest BCUT2D eigenvalue weighted by atomic mass is 10.1. The fraction of sp³-hybridized carbons (Fsp3) is 0.118. The third-order valence-electron chi connectivity index (χ3n) is 3.15. The van der Waals surface area contributed by atoms with Gasteiger partial charge in [0.1, 0.15) is 0 Å². The number of rotatable bonds is 3. The van der Waals surface area contributed by atoms with Crippen LogP contribution in [0.2, 0.25) is 0 Å². The highest BCUT2D eigenvalue weighted by Gasteiger charge is 2.32. The van der Waals surface area contributed by atoms with Gasteiger partial charge in [-0.15, -0.1) is 0 Å². The molecule has 2 aromatic carbocycles. The van der Waals surface area contributed by atoms with Crippen molar-refractivity contribution >= 4 is 23.7 Å². The number of hydrogen-bond acceptors (Lipinski definition) is 3. The fourth-order valence-corrected chi connectivity index (χ4v) is 1.90. The van der Waals surface area contributed by atoms with Crippen LogP contribution >= 0.6 is 0 Å². The monoisotopic (exact) mass is 349 g/mol. The van der Waals surface area contributed by atoms with Gasteiger partial charge in [0.05, 0.1) is 11.8 Å². The number of amides is 2. The molecule has 0 aliphatic heterocycles. The molecule has 0 aromatic heterocycles. The number of hydrazone groups is 1. The normalized spacial score (nSPS) is 11.4. The highest BCUT2D eigenvalue weighted by Crippen LogP contribution is 2.30. The second-order valence-electron chi connectivity index (χ2n) is 5.10. The van der Waals surface area contributed by atoms with Crippen molar-refractivity contribution in [1.82, 2.24) is 5.43 Å². The molecule has 2 aromatic rings. The Bertz CT molecular complexity index is 800. The first-order valence-electron chi connectivity index (χ1n) is 7.14. The predicted octanol–water partition coefficient (Wildman–Crippen LogP) is 3.10. The molecule has 2 N–H and O–H groups in total. The SMILES string of the molecule is Cc1ccc(NC(=O)C(=O)N/N=C/c2ccccc2C(F)(F)F)cc1. The average Bonchev–Trinajstić information content (AvgIpc) is 2.56. The van der Waals surface area contributed by atoms with Crippen molar-refractivity contribution in [2.24, 2.45) is 5.10 Å². The first-order valence-corrected chi connectivity index (χ1v) is 7.14. The van der Waals surface area contributed by atoms with Gasteiger partial charge in [0, 0.05) is 11.3 Å². The van der Waals surface area contributed by atoms with Crippen LogP contribution in [0.25, 0.3) is 0 Å². The Hall–Kier alpha value is -3.16. The number of hydrogen-bond donors (Lipinski definition) is 2. The van der Waals surface area contributed by atoms with Gasteiger partial charge in [-0.3, -0.25) is 9.59 Å². The van der Waals surface area contributed by atoms with Gasteiger partial charge >= 0.3 is 18.0 Å². The standard InChI is InChI=1S/C17H14F3N3O2/c1-11-6-8-13(9-7-11)22-15(24)16(25)23-21-10-12-4-2-3-5-14(12)17(18,19)20/h2-10H,1H3,(H,22,24)(H,23,25)/b21-10+. The zero-order chi connectivity index (χ0) is 18.4. The molecular weight excluding hydrogens is 335 g/mol. The van der Waals surface area contributed by atoms with E-state index in [1.165, 1.54) is 18.2 Å². The van der Waals surface area contributed by atoms with Crippen molar-refractivity contribution in [3.8, 4) is 0 Å². The van der Waals surface area contributed by atoms with E-state index in [4.69, 9.17) is 0 Å². The lowest BCUT2D eigenvalue weighted by molar-refractivity contribution is -0.137. The summed E-state index contributed by atoms with van der Waals surface area (Å²) >= 11 is 0. The topological polar surface area (TPSA) is 70.6 Å². The number of carbonyl (C=O) groups is 2. The predicted molar refractivity (Wildman–Crippen MR) is 87.0 cm³/mol. The summed E-state index contributed by atoms with van der Waals surface area (Å²) in [6.07, 6.45) is -3.71. The first kappa shape index (κ1) is 18.2. The van der Waals surface area contributed by atoms with E-state index in [0.29, 0.717) is 5.69 Å². The molecule has 0 unspecified atom stereocenters. The molecule has 0 saturated carbocycles. The molecule has 2 amide bonds. The van der Waals surface area contributed by atoms with Crippen LogP contribution < -0.4 is 10.7 Å². The summed E-state index contributed by atoms with van der Waals surface area (Å²) in [5, 5.41) is 5.76. The molecule has 0 atom stereocenters. The second kappa shape index (κ2) is 7.61. The highest BCUT2D eigenvalue weighted by molar-refractivity contribution is 6.39. The molecule has 0 heterocycles. The van der Waals surface area contributed by atoms with Crippen molar-refractivity contribution in [3.63, 3.8) is 0 Å². The minimum atomic E-state index is -4.55. The maximum absolute atomic E-state index is 12.8. The summed E-state index contributed by atoms with van der Waals surface area (Å²) in [6, 6.07) is 11.5. The summed E-state index contributed by atoms with van der Waals surface area (Å²) in [5.41, 5.74) is 2.17. The van der Waals surface area contributed by atoms with Crippen molar-refractivity contribution in [1.29, 1.82) is 0 Å². The van der Waals surface area contributed by atoms with Crippen LogP contribution in [0.4, 0.5) is 18.9 Å². The maximum atomic E-state index is 12.8. The molecule has 8 heteroatoms. The molecule has 0 aliphatic carbocycles. The molecular formula is C17H14F3N3O2. The molecule has 0 fully saturated rings. The van der Waals surface area contributed by atoms with Crippen LogP contribution in [-0.4, -0.2) is 18.0 Å². The van der Waals surface area contributed by atoms with Gasteiger partial charge < -0.3 is 5.32 Å². The third-order valence-corrected chi connectivity index (χ3v) is 3.15. The molecule has 130 valence electrons. The van der Waals surface area contributed by atoms with E-state index in [1.54, 1.807) is 24.3 Å². The molecule has 0 saturated heterocycles. The van der Waals surface area contributed by atoms with Crippen LogP contribution in [0.1, 0.15) is 16.7 Å². The lowest BCUT2D eigenvalue weighted by Crippen LogP contribution is -2.32. The van der Waals surface area contributed by atoms with E-state index < -0.39 is 23.6 Å². The molecule has 2 rings (SSSR count). The lowest BCUT2D eigenvalue weighted by Gasteiger charge is -2.09. The highest BCUT2D eigenvalue weighted by atomic mass is 19.4. The molecule has 0 radical (unpaired) electrons. The van der Waals surface area contributed by atoms with Crippen LogP contribution in [0.5, 0.6) is 0 Å². The number of anilines is 1. The van der Waals surface area contributed by atoms with Gasteiger partial charge in [-0.2, -0.15) is 18.3 Å². The zero-order valence-electron chi connectivity index (χ0n) is 13.1. The Morgan fingerprint density at radius 2 is 1.64 bits per heavy atom. The van der Waals surface area contributed by atoms with Gasteiger partial charge in [0.15, 0.2) is 0 Å². The van der Waals surface area contributed by atoms with Crippen molar-refractivity contribution in [3.05, 3.63) is 65.2 Å². The summed E-state index contributed by atoms with van der Waals surface area (Å²) < 4.78 is 38.5. The Morgan fingerprint density at radius 3 is 2.28 bits per heavy atom. The summed E-state index contributed by atoms with van der Waals surface area (Å²) in [5.74, 6) is -2.08. The summed E-state index contributed by atoms with van der Waals surface area (Å²) in [7, 11) is 0. The molecule has 0 aliphatic rings. The fourth-order valence-electron chi connectivity index (χ4n) is 1.90. The van der Waals surface area contributed by atoms with E-state index in [9.17, 15) is 22.8 Å². The molecule has 0 spiro atoms. The largest absolute Gasteiger partial charge is 0.417 e. The Kier molecular flexibility index (Phi) is 5.53. The van der Waals surface area contributed by atoms with Crippen LogP contribution in [0, 0.1) is 6.92 Å². The number of aryl methyl sites for hydroxylation is 1. The van der Waals surface area contributed by atoms with Crippen molar-refractivity contribution < 1.29 is 22.8 Å². The third kappa shape index (κ3) is 5.17. The molecule has 5 nitrogen and oxygen atoms in total. The number of nitrogens with one attached hydrogen (secondary N) is 2. The smallest absolute Gasteiger partial charge is 0.318 e. The van der Waals surface area contributed by atoms with E-state index >= 15 is 0 Å². The molecule has 25 heavy (non-hydrogen) atoms. The summed E-state index contributed by atoms with van der Waals surface area (Å²) in [6.45, 7) is 1.87. The first-order chi connectivity index (χ1) is 11.8. The van der Waals surface area contributed by atoms with Crippen LogP contribution in [0.3, 0.4) is 0 Å². The zero-order valence-corrected chi connectivity index (χ0v) is 13.1. The van der Waals surface area contributed by atoms with Crippen LogP contribution in [0.15, 0.2) is 53.6 Å². The Balaban J connectivity index is 1.99. The van der Waals surface area contributed by atoms with E-state index in [0.717, 1.165) is 17.8 Å². The Morgan fingerprint density at radius 1 is 1.00 bits per heavy atom. The van der Waals surface area contributed by atoms with Crippen molar-refractivity contribution in [2.45, 2.75) is 13.1 Å². The number of benzene rings is 2. The second-order valence-corrected chi connectivity index (χ2v) is 5.10. The number of carbonyl (C=O) groups excluding carboxylic acids is 2. The van der Waals surface area contributed by atoms with E-state index in [1.807, 2.05) is 12.3 Å². The minimum Gasteiger partial charge on any atom is -0.318 e. The van der Waals surface area contributed by atoms with E-state index in [2.05, 4.69) is 10.4 Å². The average molecular weight is 349 g/mol. The number of halogens is 3. The van der Waals surface area contributed by atoms with E-state index in [-0.39, 0.29) is 5.56 Å². The summed E-state index contributed by atoms with van der Waals surface area (Å²) in [4.78, 5) is 23.3. The maximum Gasteiger partial charge on any atom is 0.417 e. The van der Waals surface area contributed by atoms with Gasteiger partial charge in [0.2, 0.25) is 0 Å². The van der Waals surface area contributed by atoms with Gasteiger partial charge in [-0.05, 0) is 25.1 Å². The molecule has 0 bridgehead atoms.